The minimum absolute atomic E-state index is 0.0351. The summed E-state index contributed by atoms with van der Waals surface area (Å²) < 4.78 is 0. The summed E-state index contributed by atoms with van der Waals surface area (Å²) in [6.45, 7) is 0. The van der Waals surface area contributed by atoms with Crippen molar-refractivity contribution in [3.63, 3.8) is 0 Å². The zero-order valence-corrected chi connectivity index (χ0v) is 12.8. The molecule has 9 heteroatoms. The third-order valence-electron chi connectivity index (χ3n) is 2.77. The summed E-state index contributed by atoms with van der Waals surface area (Å²) in [5.41, 5.74) is 0.0294. The molecule has 0 spiro atoms. The Kier molecular flexibility index (Phi) is 4.74. The number of nitrogens with zero attached hydrogens (tertiary/aromatic N) is 1. The number of nitrogens with one attached hydrogen (secondary N) is 2. The van der Waals surface area contributed by atoms with Crippen LogP contribution < -0.4 is 10.6 Å². The number of non-ortho nitro benzene ring substituents is 1. The first-order chi connectivity index (χ1) is 10.4. The van der Waals surface area contributed by atoms with E-state index in [9.17, 15) is 19.7 Å². The molecule has 0 unspecified atom stereocenters. The van der Waals surface area contributed by atoms with E-state index < -0.39 is 10.8 Å². The molecular weight excluding hydrogens is 330 g/mol. The van der Waals surface area contributed by atoms with Gasteiger partial charge in [0, 0.05) is 19.2 Å². The van der Waals surface area contributed by atoms with Crippen molar-refractivity contribution in [2.75, 3.05) is 12.4 Å². The Hall–Kier alpha value is -2.45. The van der Waals surface area contributed by atoms with Gasteiger partial charge >= 0.3 is 0 Å². The fourth-order valence-electron chi connectivity index (χ4n) is 1.69. The van der Waals surface area contributed by atoms with Crippen LogP contribution >= 0.6 is 22.9 Å². The van der Waals surface area contributed by atoms with Crippen LogP contribution in [-0.4, -0.2) is 23.8 Å². The predicted molar refractivity (Wildman–Crippen MR) is 83.8 cm³/mol. The largest absolute Gasteiger partial charge is 0.355 e. The molecule has 1 aromatic carbocycles. The van der Waals surface area contributed by atoms with Crippen LogP contribution in [-0.2, 0) is 0 Å². The molecule has 0 aliphatic carbocycles. The van der Waals surface area contributed by atoms with E-state index in [0.717, 1.165) is 17.4 Å². The highest BCUT2D eigenvalue weighted by molar-refractivity contribution is 7.14. The number of halogens is 1. The SMILES string of the molecule is CNC(=O)c1ccsc1NC(=O)c1cc([N+](=O)[O-])ccc1Cl. The van der Waals surface area contributed by atoms with Crippen molar-refractivity contribution < 1.29 is 14.5 Å². The van der Waals surface area contributed by atoms with Gasteiger partial charge in [-0.15, -0.1) is 11.3 Å². The smallest absolute Gasteiger partial charge is 0.270 e. The molecule has 7 nitrogen and oxygen atoms in total. The fraction of sp³-hybridized carbons (Fsp3) is 0.0769. The highest BCUT2D eigenvalue weighted by atomic mass is 35.5. The van der Waals surface area contributed by atoms with Crippen LogP contribution in [0.2, 0.25) is 5.02 Å². The van der Waals surface area contributed by atoms with Crippen molar-refractivity contribution >= 4 is 45.4 Å². The van der Waals surface area contributed by atoms with E-state index in [1.165, 1.54) is 19.2 Å². The molecule has 1 aromatic heterocycles. The highest BCUT2D eigenvalue weighted by Crippen LogP contribution is 2.27. The van der Waals surface area contributed by atoms with Gasteiger partial charge in [0.2, 0.25) is 0 Å². The highest BCUT2D eigenvalue weighted by Gasteiger charge is 2.19. The molecule has 2 aromatic rings. The number of carbonyl (C=O) groups is 2. The number of rotatable bonds is 4. The molecule has 0 bridgehead atoms. The van der Waals surface area contributed by atoms with Gasteiger partial charge in [0.1, 0.15) is 5.00 Å². The lowest BCUT2D eigenvalue weighted by atomic mass is 10.2. The number of amides is 2. The van der Waals surface area contributed by atoms with Crippen LogP contribution in [0.3, 0.4) is 0 Å². The second kappa shape index (κ2) is 6.54. The minimum atomic E-state index is -0.624. The maximum atomic E-state index is 12.2. The molecule has 0 atom stereocenters. The van der Waals surface area contributed by atoms with Gasteiger partial charge in [-0.3, -0.25) is 19.7 Å². The van der Waals surface area contributed by atoms with E-state index in [4.69, 9.17) is 11.6 Å². The Bertz CT molecular complexity index is 759. The first kappa shape index (κ1) is 15.9. The Morgan fingerprint density at radius 1 is 1.23 bits per heavy atom. The summed E-state index contributed by atoms with van der Waals surface area (Å²) in [5.74, 6) is -0.969. The van der Waals surface area contributed by atoms with Gasteiger partial charge < -0.3 is 10.6 Å². The Labute approximate surface area is 134 Å². The Morgan fingerprint density at radius 3 is 2.59 bits per heavy atom. The van der Waals surface area contributed by atoms with E-state index in [1.54, 1.807) is 11.4 Å². The average Bonchev–Trinajstić information content (AvgIpc) is 2.94. The quantitative estimate of drug-likeness (QED) is 0.660. The van der Waals surface area contributed by atoms with Crippen LogP contribution in [0.1, 0.15) is 20.7 Å². The van der Waals surface area contributed by atoms with Crippen molar-refractivity contribution in [3.05, 3.63) is 55.9 Å². The van der Waals surface area contributed by atoms with Gasteiger partial charge in [-0.1, -0.05) is 11.6 Å². The molecule has 0 fully saturated rings. The van der Waals surface area contributed by atoms with Crippen LogP contribution in [0.4, 0.5) is 10.7 Å². The lowest BCUT2D eigenvalue weighted by Crippen LogP contribution is -2.20. The standard InChI is InChI=1S/C13H10ClN3O4S/c1-15-11(18)8-4-5-22-13(8)16-12(19)9-6-7(17(20)21)2-3-10(9)14/h2-6H,1H3,(H,15,18)(H,16,19). The van der Waals surface area contributed by atoms with Gasteiger partial charge in [-0.2, -0.15) is 0 Å². The molecule has 1 heterocycles. The van der Waals surface area contributed by atoms with Crippen LogP contribution in [0, 0.1) is 10.1 Å². The molecule has 0 aliphatic rings. The monoisotopic (exact) mass is 339 g/mol. The topological polar surface area (TPSA) is 101 Å². The summed E-state index contributed by atoms with van der Waals surface area (Å²) in [7, 11) is 1.48. The molecule has 2 N–H and O–H groups in total. The van der Waals surface area contributed by atoms with E-state index in [2.05, 4.69) is 10.6 Å². The summed E-state index contributed by atoms with van der Waals surface area (Å²) in [4.78, 5) is 34.0. The normalized spacial score (nSPS) is 10.1. The molecule has 0 radical (unpaired) electrons. The predicted octanol–water partition coefficient (Wildman–Crippen LogP) is 2.92. The number of nitro groups is 1. The van der Waals surface area contributed by atoms with Crippen LogP contribution in [0.25, 0.3) is 0 Å². The summed E-state index contributed by atoms with van der Waals surface area (Å²) >= 11 is 7.07. The Morgan fingerprint density at radius 2 is 1.95 bits per heavy atom. The first-order valence-electron chi connectivity index (χ1n) is 5.99. The first-order valence-corrected chi connectivity index (χ1v) is 7.24. The number of hydrogen-bond donors (Lipinski definition) is 2. The van der Waals surface area contributed by atoms with Crippen molar-refractivity contribution in [2.24, 2.45) is 0 Å². The second-order valence-electron chi connectivity index (χ2n) is 4.12. The molecule has 0 aliphatic heterocycles. The maximum absolute atomic E-state index is 12.2. The lowest BCUT2D eigenvalue weighted by molar-refractivity contribution is -0.384. The molecule has 0 saturated carbocycles. The molecule has 22 heavy (non-hydrogen) atoms. The number of nitro benzene ring substituents is 1. The fourth-order valence-corrected chi connectivity index (χ4v) is 2.67. The van der Waals surface area contributed by atoms with Crippen molar-refractivity contribution in [1.29, 1.82) is 0 Å². The molecular formula is C13H10ClN3O4S. The summed E-state index contributed by atoms with van der Waals surface area (Å²) in [6, 6.07) is 5.14. The number of thiophene rings is 1. The number of benzene rings is 1. The minimum Gasteiger partial charge on any atom is -0.355 e. The number of anilines is 1. The summed E-state index contributed by atoms with van der Waals surface area (Å²) in [5, 5.41) is 17.8. The number of hydrogen-bond acceptors (Lipinski definition) is 5. The maximum Gasteiger partial charge on any atom is 0.270 e. The zero-order valence-electron chi connectivity index (χ0n) is 11.3. The van der Waals surface area contributed by atoms with E-state index in [-0.39, 0.29) is 22.2 Å². The average molecular weight is 340 g/mol. The molecule has 114 valence electrons. The van der Waals surface area contributed by atoms with Crippen molar-refractivity contribution in [1.82, 2.24) is 5.32 Å². The van der Waals surface area contributed by atoms with Crippen molar-refractivity contribution in [3.8, 4) is 0 Å². The second-order valence-corrected chi connectivity index (χ2v) is 5.44. The van der Waals surface area contributed by atoms with Gasteiger partial charge in [0.25, 0.3) is 17.5 Å². The van der Waals surface area contributed by atoms with E-state index in [0.29, 0.717) is 10.6 Å². The van der Waals surface area contributed by atoms with Gasteiger partial charge in [-0.25, -0.2) is 0 Å². The van der Waals surface area contributed by atoms with E-state index in [1.807, 2.05) is 0 Å². The zero-order chi connectivity index (χ0) is 16.3. The third-order valence-corrected chi connectivity index (χ3v) is 3.93. The van der Waals surface area contributed by atoms with Gasteiger partial charge in [0.05, 0.1) is 21.1 Å². The molecule has 0 saturated heterocycles. The van der Waals surface area contributed by atoms with E-state index >= 15 is 0 Å². The van der Waals surface area contributed by atoms with Gasteiger partial charge in [-0.05, 0) is 17.5 Å². The lowest BCUT2D eigenvalue weighted by Gasteiger charge is -2.07. The van der Waals surface area contributed by atoms with Crippen molar-refractivity contribution in [2.45, 2.75) is 0 Å². The van der Waals surface area contributed by atoms with Crippen LogP contribution in [0.15, 0.2) is 29.6 Å². The summed E-state index contributed by atoms with van der Waals surface area (Å²) in [6.07, 6.45) is 0. The number of carbonyl (C=O) groups excluding carboxylic acids is 2. The molecule has 2 rings (SSSR count). The van der Waals surface area contributed by atoms with Gasteiger partial charge in [0.15, 0.2) is 0 Å². The Balaban J connectivity index is 2.30. The third kappa shape index (κ3) is 3.23. The van der Waals surface area contributed by atoms with Crippen LogP contribution in [0.5, 0.6) is 0 Å². The molecule has 2 amide bonds.